The summed E-state index contributed by atoms with van der Waals surface area (Å²) in [6.45, 7) is 2.29. The summed E-state index contributed by atoms with van der Waals surface area (Å²) in [6.07, 6.45) is 8.06. The van der Waals surface area contributed by atoms with Crippen molar-refractivity contribution in [2.24, 2.45) is 0 Å². The summed E-state index contributed by atoms with van der Waals surface area (Å²) in [7, 11) is 0. The largest absolute Gasteiger partial charge is 0.504 e. The average molecular weight is 325 g/mol. The fraction of sp³-hybridized carbons (Fsp3) is 0.316. The Hall–Kier alpha value is -2.69. The molecule has 4 rings (SSSR count). The van der Waals surface area contributed by atoms with E-state index in [1.54, 1.807) is 6.08 Å². The summed E-state index contributed by atoms with van der Waals surface area (Å²) < 4.78 is 4.95. The SMILES string of the molecule is O=c1oc(/C=C/c2cc3c4c(c2)CCCN4CCC3)cc(O)c1O. The Bertz CT molecular complexity index is 850. The minimum atomic E-state index is -0.939. The van der Waals surface area contributed by atoms with E-state index in [0.29, 0.717) is 0 Å². The Morgan fingerprint density at radius 2 is 1.67 bits per heavy atom. The molecule has 0 fully saturated rings. The highest BCUT2D eigenvalue weighted by atomic mass is 16.4. The van der Waals surface area contributed by atoms with Gasteiger partial charge in [0.2, 0.25) is 5.75 Å². The van der Waals surface area contributed by atoms with E-state index in [0.717, 1.165) is 31.5 Å². The quantitative estimate of drug-likeness (QED) is 0.888. The zero-order chi connectivity index (χ0) is 16.7. The molecule has 3 heterocycles. The smallest absolute Gasteiger partial charge is 0.382 e. The Morgan fingerprint density at radius 1 is 1.00 bits per heavy atom. The lowest BCUT2D eigenvalue weighted by atomic mass is 9.90. The van der Waals surface area contributed by atoms with E-state index in [1.165, 1.54) is 35.7 Å². The molecule has 0 saturated heterocycles. The molecule has 5 nitrogen and oxygen atoms in total. The molecule has 0 atom stereocenters. The monoisotopic (exact) mass is 325 g/mol. The van der Waals surface area contributed by atoms with E-state index >= 15 is 0 Å². The van der Waals surface area contributed by atoms with Crippen molar-refractivity contribution in [3.05, 3.63) is 51.1 Å². The molecule has 2 aromatic rings. The van der Waals surface area contributed by atoms with Gasteiger partial charge in [0, 0.05) is 24.8 Å². The molecule has 2 N–H and O–H groups in total. The summed E-state index contributed by atoms with van der Waals surface area (Å²) in [5.74, 6) is -1.02. The number of hydrogen-bond acceptors (Lipinski definition) is 5. The second kappa shape index (κ2) is 5.74. The number of aromatic hydroxyl groups is 2. The first kappa shape index (κ1) is 14.9. The number of rotatable bonds is 2. The van der Waals surface area contributed by atoms with Crippen molar-refractivity contribution in [2.45, 2.75) is 25.7 Å². The van der Waals surface area contributed by atoms with Crippen molar-refractivity contribution in [2.75, 3.05) is 18.0 Å². The van der Waals surface area contributed by atoms with Gasteiger partial charge in [-0.25, -0.2) is 4.79 Å². The summed E-state index contributed by atoms with van der Waals surface area (Å²) in [5.41, 5.74) is 4.30. The van der Waals surface area contributed by atoms with Crippen molar-refractivity contribution in [1.82, 2.24) is 0 Å². The summed E-state index contributed by atoms with van der Waals surface area (Å²) in [5, 5.41) is 18.8. The number of aryl methyl sites for hydroxylation is 2. The summed E-state index contributed by atoms with van der Waals surface area (Å²) >= 11 is 0. The number of hydrogen-bond donors (Lipinski definition) is 2. The van der Waals surface area contributed by atoms with Gasteiger partial charge in [-0.05, 0) is 60.6 Å². The van der Waals surface area contributed by atoms with Crippen LogP contribution in [-0.2, 0) is 12.8 Å². The van der Waals surface area contributed by atoms with Crippen LogP contribution in [0.25, 0.3) is 12.2 Å². The molecule has 0 unspecified atom stereocenters. The van der Waals surface area contributed by atoms with Crippen LogP contribution in [0.3, 0.4) is 0 Å². The molecule has 0 spiro atoms. The van der Waals surface area contributed by atoms with Gasteiger partial charge >= 0.3 is 5.63 Å². The van der Waals surface area contributed by atoms with Crippen LogP contribution < -0.4 is 10.5 Å². The molecular formula is C19H19NO4. The van der Waals surface area contributed by atoms with Crippen molar-refractivity contribution >= 4 is 17.8 Å². The molecule has 0 amide bonds. The third kappa shape index (κ3) is 2.56. The predicted molar refractivity (Wildman–Crippen MR) is 92.5 cm³/mol. The first-order valence-electron chi connectivity index (χ1n) is 8.27. The molecule has 2 aliphatic heterocycles. The van der Waals surface area contributed by atoms with Crippen LogP contribution in [0.1, 0.15) is 35.3 Å². The van der Waals surface area contributed by atoms with Gasteiger partial charge in [-0.3, -0.25) is 0 Å². The zero-order valence-corrected chi connectivity index (χ0v) is 13.3. The molecule has 0 bridgehead atoms. The van der Waals surface area contributed by atoms with Crippen LogP contribution in [0.2, 0.25) is 0 Å². The maximum Gasteiger partial charge on any atom is 0.382 e. The molecule has 5 heteroatoms. The normalized spacial score (nSPS) is 16.4. The molecule has 0 saturated carbocycles. The van der Waals surface area contributed by atoms with Gasteiger partial charge in [-0.2, -0.15) is 0 Å². The Kier molecular flexibility index (Phi) is 3.56. The van der Waals surface area contributed by atoms with Crippen molar-refractivity contribution in [3.63, 3.8) is 0 Å². The van der Waals surface area contributed by atoms with Gasteiger partial charge in [0.05, 0.1) is 0 Å². The van der Waals surface area contributed by atoms with Gasteiger partial charge in [0.25, 0.3) is 0 Å². The standard InChI is InChI=1S/C19H19NO4/c21-16-11-15(24-19(23)18(16)22)6-5-12-9-13-3-1-7-20-8-2-4-14(10-12)17(13)20/h5-6,9-11,21-22H,1-4,7-8H2/b6-5+. The van der Waals surface area contributed by atoms with E-state index in [4.69, 9.17) is 4.42 Å². The Labute approximate surface area is 139 Å². The average Bonchev–Trinajstić information content (AvgIpc) is 2.58. The van der Waals surface area contributed by atoms with Crippen LogP contribution >= 0.6 is 0 Å². The molecule has 1 aromatic heterocycles. The van der Waals surface area contributed by atoms with Crippen molar-refractivity contribution < 1.29 is 14.6 Å². The fourth-order valence-corrected chi connectivity index (χ4v) is 3.68. The highest BCUT2D eigenvalue weighted by Crippen LogP contribution is 2.36. The van der Waals surface area contributed by atoms with E-state index in [9.17, 15) is 15.0 Å². The lowest BCUT2D eigenvalue weighted by Gasteiger charge is -2.37. The van der Waals surface area contributed by atoms with Gasteiger partial charge in [-0.15, -0.1) is 0 Å². The van der Waals surface area contributed by atoms with E-state index in [2.05, 4.69) is 17.0 Å². The van der Waals surface area contributed by atoms with Crippen molar-refractivity contribution in [3.8, 4) is 11.5 Å². The summed E-state index contributed by atoms with van der Waals surface area (Å²) in [4.78, 5) is 13.9. The fourth-order valence-electron chi connectivity index (χ4n) is 3.68. The van der Waals surface area contributed by atoms with Crippen LogP contribution in [0.5, 0.6) is 11.5 Å². The van der Waals surface area contributed by atoms with Crippen LogP contribution in [0.4, 0.5) is 5.69 Å². The molecule has 0 aliphatic carbocycles. The maximum absolute atomic E-state index is 11.4. The van der Waals surface area contributed by atoms with Gasteiger partial charge in [0.1, 0.15) is 5.76 Å². The molecule has 0 radical (unpaired) electrons. The van der Waals surface area contributed by atoms with Crippen LogP contribution in [-0.4, -0.2) is 23.3 Å². The lowest BCUT2D eigenvalue weighted by Crippen LogP contribution is -2.34. The molecule has 1 aromatic carbocycles. The lowest BCUT2D eigenvalue weighted by molar-refractivity contribution is 0.362. The van der Waals surface area contributed by atoms with E-state index < -0.39 is 17.1 Å². The minimum Gasteiger partial charge on any atom is -0.504 e. The third-order valence-electron chi connectivity index (χ3n) is 4.72. The highest BCUT2D eigenvalue weighted by molar-refractivity contribution is 5.73. The molecular weight excluding hydrogens is 306 g/mol. The summed E-state index contributed by atoms with van der Waals surface area (Å²) in [6, 6.07) is 5.60. The number of nitrogens with zero attached hydrogens (tertiary/aromatic N) is 1. The Balaban J connectivity index is 1.69. The minimum absolute atomic E-state index is 0.211. The molecule has 24 heavy (non-hydrogen) atoms. The Morgan fingerprint density at radius 3 is 2.29 bits per heavy atom. The second-order valence-electron chi connectivity index (χ2n) is 6.39. The second-order valence-corrected chi connectivity index (χ2v) is 6.39. The predicted octanol–water partition coefficient (Wildman–Crippen LogP) is 2.92. The first-order chi connectivity index (χ1) is 11.6. The number of anilines is 1. The highest BCUT2D eigenvalue weighted by Gasteiger charge is 2.23. The first-order valence-corrected chi connectivity index (χ1v) is 8.27. The third-order valence-corrected chi connectivity index (χ3v) is 4.72. The molecule has 124 valence electrons. The van der Waals surface area contributed by atoms with E-state index in [1.807, 2.05) is 6.08 Å². The topological polar surface area (TPSA) is 73.9 Å². The van der Waals surface area contributed by atoms with Crippen LogP contribution in [0.15, 0.2) is 27.4 Å². The zero-order valence-electron chi connectivity index (χ0n) is 13.3. The van der Waals surface area contributed by atoms with Crippen molar-refractivity contribution in [1.29, 1.82) is 0 Å². The maximum atomic E-state index is 11.4. The van der Waals surface area contributed by atoms with Gasteiger partial charge in [-0.1, -0.05) is 6.08 Å². The number of benzene rings is 1. The van der Waals surface area contributed by atoms with Gasteiger partial charge in [0.15, 0.2) is 5.75 Å². The van der Waals surface area contributed by atoms with E-state index in [-0.39, 0.29) is 5.76 Å². The van der Waals surface area contributed by atoms with Gasteiger partial charge < -0.3 is 19.5 Å². The van der Waals surface area contributed by atoms with Crippen LogP contribution in [0, 0.1) is 0 Å². The molecule has 2 aliphatic rings.